The van der Waals surface area contributed by atoms with E-state index in [4.69, 9.17) is 16.3 Å². The maximum Gasteiger partial charge on any atom is 0.123 e. The fraction of sp³-hybridized carbons (Fsp3) is 0.455. The van der Waals surface area contributed by atoms with E-state index in [2.05, 4.69) is 0 Å². The molecule has 0 aliphatic rings. The minimum absolute atomic E-state index is 0.757. The number of hydrogen-bond donors (Lipinski definition) is 0. The molecule has 0 atom stereocenters. The predicted molar refractivity (Wildman–Crippen MR) is 58.8 cm³/mol. The van der Waals surface area contributed by atoms with Gasteiger partial charge >= 0.3 is 0 Å². The van der Waals surface area contributed by atoms with Gasteiger partial charge in [-0.2, -0.15) is 0 Å². The van der Waals surface area contributed by atoms with Crippen LogP contribution in [-0.2, 0) is 0 Å². The lowest BCUT2D eigenvalue weighted by atomic mass is 10.1. The van der Waals surface area contributed by atoms with E-state index in [9.17, 15) is 0 Å². The first-order valence-electron chi connectivity index (χ1n) is 4.46. The van der Waals surface area contributed by atoms with Crippen LogP contribution < -0.4 is 4.74 Å². The zero-order chi connectivity index (χ0) is 10.4. The summed E-state index contributed by atoms with van der Waals surface area (Å²) in [5.74, 6) is 0.848. The zero-order valence-corrected chi connectivity index (χ0v) is 9.70. The monoisotopic (exact) mass is 200 g/mol. The highest BCUT2D eigenvalue weighted by Gasteiger charge is 2.01. The molecule has 0 spiro atoms. The number of benzene rings is 1. The fourth-order valence-electron chi connectivity index (χ4n) is 1.03. The fourth-order valence-corrected chi connectivity index (χ4v) is 1.18. The van der Waals surface area contributed by atoms with Gasteiger partial charge in [0.25, 0.3) is 0 Å². The molecule has 0 aromatic heterocycles. The molecule has 0 aliphatic heterocycles. The van der Waals surface area contributed by atoms with E-state index >= 15 is 0 Å². The number of hydrogen-bond acceptors (Lipinski definition) is 1. The molecule has 13 heavy (non-hydrogen) atoms. The highest BCUT2D eigenvalue weighted by molar-refractivity contribution is 6.31. The Hall–Kier alpha value is -0.690. The van der Waals surface area contributed by atoms with Gasteiger partial charge in [-0.15, -0.1) is 0 Å². The molecule has 0 radical (unpaired) electrons. The van der Waals surface area contributed by atoms with E-state index in [1.165, 1.54) is 0 Å². The van der Waals surface area contributed by atoms with Crippen LogP contribution in [0.3, 0.4) is 0 Å². The largest absolute Gasteiger partial charge is 0.496 e. The highest BCUT2D eigenvalue weighted by atomic mass is 35.5. The Balaban J connectivity index is 0.000000671. The highest BCUT2D eigenvalue weighted by Crippen LogP contribution is 2.25. The van der Waals surface area contributed by atoms with Crippen LogP contribution in [0.2, 0.25) is 5.02 Å². The van der Waals surface area contributed by atoms with Crippen molar-refractivity contribution in [3.8, 4) is 5.75 Å². The van der Waals surface area contributed by atoms with Crippen LogP contribution in [0.4, 0.5) is 0 Å². The van der Waals surface area contributed by atoms with Crippen molar-refractivity contribution < 1.29 is 4.74 Å². The Bertz CT molecular complexity index is 269. The Morgan fingerprint density at radius 1 is 1.08 bits per heavy atom. The van der Waals surface area contributed by atoms with Gasteiger partial charge in [0.15, 0.2) is 0 Å². The maximum absolute atomic E-state index is 5.88. The Kier molecular flexibility index (Phi) is 5.56. The normalized spacial score (nSPS) is 8.77. The average Bonchev–Trinajstić information content (AvgIpc) is 2.15. The van der Waals surface area contributed by atoms with E-state index in [1.807, 2.05) is 39.8 Å². The van der Waals surface area contributed by atoms with Crippen molar-refractivity contribution in [2.24, 2.45) is 0 Å². The summed E-state index contributed by atoms with van der Waals surface area (Å²) in [5, 5.41) is 0.757. The van der Waals surface area contributed by atoms with Crippen molar-refractivity contribution in [2.75, 3.05) is 7.11 Å². The first kappa shape index (κ1) is 12.3. The van der Waals surface area contributed by atoms with Gasteiger partial charge in [-0.25, -0.2) is 0 Å². The van der Waals surface area contributed by atoms with E-state index in [1.54, 1.807) is 7.11 Å². The summed E-state index contributed by atoms with van der Waals surface area (Å²) < 4.78 is 5.10. The summed E-state index contributed by atoms with van der Waals surface area (Å²) in [5.41, 5.74) is 2.21. The third kappa shape index (κ3) is 3.27. The second-order valence-electron chi connectivity index (χ2n) is 2.57. The first-order chi connectivity index (χ1) is 6.15. The lowest BCUT2D eigenvalue weighted by Gasteiger charge is -2.06. The van der Waals surface area contributed by atoms with E-state index < -0.39 is 0 Å². The summed E-state index contributed by atoms with van der Waals surface area (Å²) in [6.07, 6.45) is 0. The van der Waals surface area contributed by atoms with Crippen LogP contribution in [0.5, 0.6) is 5.75 Å². The number of methoxy groups -OCH3 is 1. The predicted octanol–water partition coefficient (Wildman–Crippen LogP) is 3.99. The third-order valence-electron chi connectivity index (χ3n) is 1.68. The molecule has 1 rings (SSSR count). The van der Waals surface area contributed by atoms with Gasteiger partial charge in [-0.1, -0.05) is 31.5 Å². The maximum atomic E-state index is 5.88. The lowest BCUT2D eigenvalue weighted by molar-refractivity contribution is 0.411. The molecule has 0 bridgehead atoms. The molecule has 0 saturated carbocycles. The van der Waals surface area contributed by atoms with Crippen molar-refractivity contribution in [3.05, 3.63) is 28.3 Å². The van der Waals surface area contributed by atoms with Crippen LogP contribution in [0.25, 0.3) is 0 Å². The minimum Gasteiger partial charge on any atom is -0.496 e. The van der Waals surface area contributed by atoms with E-state index in [0.29, 0.717) is 0 Å². The summed E-state index contributed by atoms with van der Waals surface area (Å²) in [6, 6.07) is 3.85. The van der Waals surface area contributed by atoms with Crippen molar-refractivity contribution in [2.45, 2.75) is 27.7 Å². The minimum atomic E-state index is 0.757. The second-order valence-corrected chi connectivity index (χ2v) is 2.98. The molecular weight excluding hydrogens is 184 g/mol. The molecule has 0 unspecified atom stereocenters. The average molecular weight is 201 g/mol. The first-order valence-corrected chi connectivity index (χ1v) is 4.83. The molecule has 0 aliphatic carbocycles. The molecule has 1 aromatic carbocycles. The Labute approximate surface area is 85.7 Å². The Morgan fingerprint density at radius 3 is 2.08 bits per heavy atom. The standard InChI is InChI=1S/C9H11ClO.C2H6/c1-6-4-7(2)9(11-3)5-8(6)10;1-2/h4-5H,1-3H3;1-2H3. The smallest absolute Gasteiger partial charge is 0.123 e. The van der Waals surface area contributed by atoms with Crippen molar-refractivity contribution in [3.63, 3.8) is 0 Å². The molecule has 2 heteroatoms. The van der Waals surface area contributed by atoms with Crippen LogP contribution in [0.1, 0.15) is 25.0 Å². The molecule has 0 N–H and O–H groups in total. The van der Waals surface area contributed by atoms with Gasteiger partial charge in [0.05, 0.1) is 7.11 Å². The number of ether oxygens (including phenoxy) is 1. The second kappa shape index (κ2) is 5.87. The van der Waals surface area contributed by atoms with Crippen molar-refractivity contribution in [1.82, 2.24) is 0 Å². The van der Waals surface area contributed by atoms with Gasteiger partial charge in [0.2, 0.25) is 0 Å². The topological polar surface area (TPSA) is 9.23 Å². The summed E-state index contributed by atoms with van der Waals surface area (Å²) in [7, 11) is 1.65. The van der Waals surface area contributed by atoms with Gasteiger partial charge in [0.1, 0.15) is 5.75 Å². The zero-order valence-electron chi connectivity index (χ0n) is 8.94. The summed E-state index contributed by atoms with van der Waals surface area (Å²) >= 11 is 5.88. The van der Waals surface area contributed by atoms with Gasteiger partial charge in [-0.05, 0) is 31.0 Å². The molecule has 74 valence electrons. The van der Waals surface area contributed by atoms with Crippen LogP contribution in [-0.4, -0.2) is 7.11 Å². The molecule has 1 aromatic rings. The molecule has 1 nitrogen and oxygen atoms in total. The number of rotatable bonds is 1. The van der Waals surface area contributed by atoms with E-state index in [0.717, 1.165) is 21.9 Å². The van der Waals surface area contributed by atoms with Gasteiger partial charge in [-0.3, -0.25) is 0 Å². The number of halogens is 1. The molecule has 0 amide bonds. The molecule has 0 fully saturated rings. The summed E-state index contributed by atoms with van der Waals surface area (Å²) in [6.45, 7) is 7.98. The lowest BCUT2D eigenvalue weighted by Crippen LogP contribution is -1.88. The van der Waals surface area contributed by atoms with Crippen LogP contribution >= 0.6 is 11.6 Å². The van der Waals surface area contributed by atoms with E-state index in [-0.39, 0.29) is 0 Å². The summed E-state index contributed by atoms with van der Waals surface area (Å²) in [4.78, 5) is 0. The Morgan fingerprint density at radius 2 is 1.62 bits per heavy atom. The molecular formula is C11H17ClO. The molecule has 0 heterocycles. The van der Waals surface area contributed by atoms with Crippen molar-refractivity contribution in [1.29, 1.82) is 0 Å². The van der Waals surface area contributed by atoms with Crippen LogP contribution in [0, 0.1) is 13.8 Å². The third-order valence-corrected chi connectivity index (χ3v) is 2.08. The molecule has 0 saturated heterocycles. The van der Waals surface area contributed by atoms with Gasteiger partial charge in [0, 0.05) is 5.02 Å². The van der Waals surface area contributed by atoms with Gasteiger partial charge < -0.3 is 4.74 Å². The quantitative estimate of drug-likeness (QED) is 0.666. The SMILES string of the molecule is CC.COc1cc(Cl)c(C)cc1C. The number of aryl methyl sites for hydroxylation is 2. The van der Waals surface area contributed by atoms with Crippen LogP contribution in [0.15, 0.2) is 12.1 Å². The van der Waals surface area contributed by atoms with Crippen molar-refractivity contribution >= 4 is 11.6 Å².